The summed E-state index contributed by atoms with van der Waals surface area (Å²) in [6, 6.07) is 0. The van der Waals surface area contributed by atoms with Crippen molar-refractivity contribution in [1.82, 2.24) is 9.97 Å². The Morgan fingerprint density at radius 2 is 1.93 bits per heavy atom. The fraction of sp³-hybridized carbons (Fsp3) is 0.455. The fourth-order valence-electron chi connectivity index (χ4n) is 1.71. The lowest BCUT2D eigenvalue weighted by Crippen LogP contribution is -2.34. The van der Waals surface area contributed by atoms with Gasteiger partial charge in [0.2, 0.25) is 5.95 Å². The first-order chi connectivity index (χ1) is 7.29. The minimum Gasteiger partial charge on any atom is -0.341 e. The van der Waals surface area contributed by atoms with E-state index in [9.17, 15) is 0 Å². The Kier molecular flexibility index (Phi) is 3.41. The van der Waals surface area contributed by atoms with Crippen molar-refractivity contribution in [3.63, 3.8) is 0 Å². The van der Waals surface area contributed by atoms with E-state index in [0.29, 0.717) is 5.92 Å². The van der Waals surface area contributed by atoms with Crippen LogP contribution in [0, 0.1) is 21.8 Å². The molecule has 2 rings (SSSR count). The topological polar surface area (TPSA) is 29.0 Å². The molecule has 0 aliphatic carbocycles. The Balaban J connectivity index is 2.02. The van der Waals surface area contributed by atoms with Crippen molar-refractivity contribution in [1.29, 1.82) is 0 Å². The summed E-state index contributed by atoms with van der Waals surface area (Å²) in [7, 11) is 0. The van der Waals surface area contributed by atoms with E-state index >= 15 is 0 Å². The van der Waals surface area contributed by atoms with Gasteiger partial charge in [-0.25, -0.2) is 9.97 Å². The minimum absolute atomic E-state index is 0.435. The Labute approximate surface area is 103 Å². The van der Waals surface area contributed by atoms with Crippen LogP contribution < -0.4 is 4.90 Å². The summed E-state index contributed by atoms with van der Waals surface area (Å²) in [4.78, 5) is 10.8. The second kappa shape index (κ2) is 4.79. The Morgan fingerprint density at radius 1 is 1.33 bits per heavy atom. The molecular formula is C11H12IN3. The van der Waals surface area contributed by atoms with Crippen LogP contribution in [0.4, 0.5) is 5.95 Å². The molecule has 1 saturated heterocycles. The van der Waals surface area contributed by atoms with Gasteiger partial charge in [-0.15, -0.1) is 12.3 Å². The maximum Gasteiger partial charge on any atom is 0.225 e. The maximum absolute atomic E-state index is 5.41. The van der Waals surface area contributed by atoms with Crippen molar-refractivity contribution in [3.05, 3.63) is 16.0 Å². The Bertz CT molecular complexity index is 360. The molecule has 0 bridgehead atoms. The molecule has 78 valence electrons. The highest BCUT2D eigenvalue weighted by Crippen LogP contribution is 2.19. The largest absolute Gasteiger partial charge is 0.341 e. The number of rotatable bonds is 1. The fourth-order valence-corrected chi connectivity index (χ4v) is 1.99. The smallest absolute Gasteiger partial charge is 0.225 e. The molecular weight excluding hydrogens is 301 g/mol. The zero-order chi connectivity index (χ0) is 10.7. The van der Waals surface area contributed by atoms with Crippen molar-refractivity contribution in [2.24, 2.45) is 5.92 Å². The lowest BCUT2D eigenvalue weighted by atomic mass is 9.98. The van der Waals surface area contributed by atoms with Gasteiger partial charge in [0.05, 0.1) is 0 Å². The SMILES string of the molecule is C#CC1CCN(c2ncc(I)cn2)CC1. The van der Waals surface area contributed by atoms with E-state index in [-0.39, 0.29) is 0 Å². The molecule has 15 heavy (non-hydrogen) atoms. The number of halogens is 1. The predicted octanol–water partition coefficient (Wildman–Crippen LogP) is 1.93. The minimum atomic E-state index is 0.435. The molecule has 0 N–H and O–H groups in total. The molecule has 1 aromatic rings. The van der Waals surface area contributed by atoms with Crippen LogP contribution in [0.25, 0.3) is 0 Å². The molecule has 0 saturated carbocycles. The standard InChI is InChI=1S/C11H12IN3/c1-2-9-3-5-15(6-4-9)11-13-7-10(12)8-14-11/h1,7-9H,3-6H2. The van der Waals surface area contributed by atoms with Crippen LogP contribution in [0.2, 0.25) is 0 Å². The maximum atomic E-state index is 5.41. The molecule has 0 amide bonds. The van der Waals surface area contributed by atoms with Crippen LogP contribution in [-0.2, 0) is 0 Å². The number of anilines is 1. The first-order valence-electron chi connectivity index (χ1n) is 4.98. The summed E-state index contributed by atoms with van der Waals surface area (Å²) in [6.45, 7) is 1.94. The van der Waals surface area contributed by atoms with Crippen LogP contribution in [-0.4, -0.2) is 23.1 Å². The quantitative estimate of drug-likeness (QED) is 0.586. The summed E-state index contributed by atoms with van der Waals surface area (Å²) >= 11 is 2.21. The third kappa shape index (κ3) is 2.59. The van der Waals surface area contributed by atoms with Crippen LogP contribution >= 0.6 is 22.6 Å². The van der Waals surface area contributed by atoms with E-state index in [0.717, 1.165) is 35.4 Å². The molecule has 0 unspecified atom stereocenters. The van der Waals surface area contributed by atoms with E-state index in [1.54, 1.807) is 0 Å². The molecule has 3 nitrogen and oxygen atoms in total. The number of nitrogens with zero attached hydrogens (tertiary/aromatic N) is 3. The highest BCUT2D eigenvalue weighted by Gasteiger charge is 2.18. The normalized spacial score (nSPS) is 17.5. The monoisotopic (exact) mass is 313 g/mol. The van der Waals surface area contributed by atoms with E-state index < -0.39 is 0 Å². The average molecular weight is 313 g/mol. The highest BCUT2D eigenvalue weighted by molar-refractivity contribution is 14.1. The van der Waals surface area contributed by atoms with Gasteiger partial charge in [0.15, 0.2) is 0 Å². The second-order valence-corrected chi connectivity index (χ2v) is 4.87. The highest BCUT2D eigenvalue weighted by atomic mass is 127. The van der Waals surface area contributed by atoms with Crippen LogP contribution in [0.15, 0.2) is 12.4 Å². The zero-order valence-electron chi connectivity index (χ0n) is 8.36. The number of piperidine rings is 1. The number of aromatic nitrogens is 2. The molecule has 4 heteroatoms. The Morgan fingerprint density at radius 3 is 2.47 bits per heavy atom. The van der Waals surface area contributed by atoms with Gasteiger partial charge in [0.1, 0.15) is 0 Å². The van der Waals surface area contributed by atoms with E-state index in [1.807, 2.05) is 12.4 Å². The Hall–Kier alpha value is -0.830. The van der Waals surface area contributed by atoms with Crippen molar-refractivity contribution < 1.29 is 0 Å². The first-order valence-corrected chi connectivity index (χ1v) is 6.06. The summed E-state index contributed by atoms with van der Waals surface area (Å²) in [6.07, 6.45) is 11.2. The predicted molar refractivity (Wildman–Crippen MR) is 68.5 cm³/mol. The molecule has 0 spiro atoms. The third-order valence-electron chi connectivity index (χ3n) is 2.62. The second-order valence-electron chi connectivity index (χ2n) is 3.63. The number of terminal acetylenes is 1. The van der Waals surface area contributed by atoms with Gasteiger partial charge in [-0.05, 0) is 35.4 Å². The lowest BCUT2D eigenvalue weighted by Gasteiger charge is -2.29. The van der Waals surface area contributed by atoms with Gasteiger partial charge in [-0.1, -0.05) is 0 Å². The summed E-state index contributed by atoms with van der Waals surface area (Å²) < 4.78 is 1.06. The molecule has 2 heterocycles. The van der Waals surface area contributed by atoms with Crippen molar-refractivity contribution >= 4 is 28.5 Å². The molecule has 1 aliphatic heterocycles. The zero-order valence-corrected chi connectivity index (χ0v) is 10.5. The van der Waals surface area contributed by atoms with E-state index in [2.05, 4.69) is 43.4 Å². The van der Waals surface area contributed by atoms with E-state index in [1.165, 1.54) is 0 Å². The van der Waals surface area contributed by atoms with Crippen LogP contribution in [0.3, 0.4) is 0 Å². The summed E-state index contributed by atoms with van der Waals surface area (Å²) in [5.74, 6) is 4.08. The van der Waals surface area contributed by atoms with Crippen molar-refractivity contribution in [2.45, 2.75) is 12.8 Å². The van der Waals surface area contributed by atoms with Gasteiger partial charge < -0.3 is 4.90 Å². The first kappa shape index (κ1) is 10.7. The van der Waals surface area contributed by atoms with Gasteiger partial charge in [-0.3, -0.25) is 0 Å². The van der Waals surface area contributed by atoms with Gasteiger partial charge in [0.25, 0.3) is 0 Å². The molecule has 1 aliphatic rings. The number of hydrogen-bond acceptors (Lipinski definition) is 3. The van der Waals surface area contributed by atoms with Crippen LogP contribution in [0.1, 0.15) is 12.8 Å². The third-order valence-corrected chi connectivity index (χ3v) is 3.18. The van der Waals surface area contributed by atoms with Crippen molar-refractivity contribution in [2.75, 3.05) is 18.0 Å². The molecule has 1 fully saturated rings. The van der Waals surface area contributed by atoms with Gasteiger partial charge in [0, 0.05) is 35.0 Å². The molecule has 0 aromatic carbocycles. The van der Waals surface area contributed by atoms with Gasteiger partial charge >= 0.3 is 0 Å². The van der Waals surface area contributed by atoms with E-state index in [4.69, 9.17) is 6.42 Å². The van der Waals surface area contributed by atoms with Crippen LogP contribution in [0.5, 0.6) is 0 Å². The molecule has 0 radical (unpaired) electrons. The summed E-state index contributed by atoms with van der Waals surface area (Å²) in [5, 5.41) is 0. The summed E-state index contributed by atoms with van der Waals surface area (Å²) in [5.41, 5.74) is 0. The number of hydrogen-bond donors (Lipinski definition) is 0. The van der Waals surface area contributed by atoms with Gasteiger partial charge in [-0.2, -0.15) is 0 Å². The molecule has 1 aromatic heterocycles. The average Bonchev–Trinajstić information content (AvgIpc) is 2.30. The lowest BCUT2D eigenvalue weighted by molar-refractivity contribution is 0.486. The molecule has 0 atom stereocenters. The van der Waals surface area contributed by atoms with Crippen molar-refractivity contribution in [3.8, 4) is 12.3 Å².